The molecule has 0 bridgehead atoms. The fourth-order valence-electron chi connectivity index (χ4n) is 2.37. The summed E-state index contributed by atoms with van der Waals surface area (Å²) >= 11 is 9.09. The molecule has 4 heteroatoms. The van der Waals surface area contributed by atoms with Crippen LogP contribution in [0.15, 0.2) is 34.8 Å². The van der Waals surface area contributed by atoms with Crippen LogP contribution in [0.5, 0.6) is 0 Å². The summed E-state index contributed by atoms with van der Waals surface area (Å²) < 4.78 is 14.7. The van der Waals surface area contributed by atoms with Crippen LogP contribution in [0, 0.1) is 5.82 Å². The van der Waals surface area contributed by atoms with Crippen molar-refractivity contribution in [2.75, 3.05) is 0 Å². The first kappa shape index (κ1) is 12.8. The van der Waals surface area contributed by atoms with Gasteiger partial charge in [0.15, 0.2) is 11.6 Å². The number of benzene rings is 2. The standard InChI is InChI=1S/C15H9BrClFO/c16-12-5-4-11(15(18)14(12)17)9-1-3-10-8(7-9)2-6-13(10)19/h1,3-5,7H,2,6H2. The minimum Gasteiger partial charge on any atom is -0.294 e. The Morgan fingerprint density at radius 1 is 1.11 bits per heavy atom. The zero-order valence-electron chi connectivity index (χ0n) is 9.84. The number of carbonyl (C=O) groups excluding carboxylic acids is 1. The number of ketones is 1. The summed E-state index contributed by atoms with van der Waals surface area (Å²) in [6.45, 7) is 0. The molecule has 0 aromatic heterocycles. The van der Waals surface area contributed by atoms with Crippen molar-refractivity contribution in [2.45, 2.75) is 12.8 Å². The molecule has 0 unspecified atom stereocenters. The Morgan fingerprint density at radius 3 is 2.63 bits per heavy atom. The Hall–Kier alpha value is -1.19. The Balaban J connectivity index is 2.14. The molecular weight excluding hydrogens is 331 g/mol. The lowest BCUT2D eigenvalue weighted by Crippen LogP contribution is -1.92. The largest absolute Gasteiger partial charge is 0.294 e. The number of hydrogen-bond donors (Lipinski definition) is 0. The third-order valence-electron chi connectivity index (χ3n) is 3.37. The van der Waals surface area contributed by atoms with Crippen LogP contribution in [0.1, 0.15) is 22.3 Å². The highest BCUT2D eigenvalue weighted by atomic mass is 79.9. The topological polar surface area (TPSA) is 17.1 Å². The minimum absolute atomic E-state index is 0.0778. The Labute approximate surface area is 123 Å². The third-order valence-corrected chi connectivity index (χ3v) is 4.63. The third kappa shape index (κ3) is 2.11. The maximum atomic E-state index is 14.1. The number of halogens is 3. The van der Waals surface area contributed by atoms with Crippen molar-refractivity contribution >= 4 is 33.3 Å². The van der Waals surface area contributed by atoms with Gasteiger partial charge in [0.2, 0.25) is 0 Å². The molecule has 0 spiro atoms. The summed E-state index contributed by atoms with van der Waals surface area (Å²) in [7, 11) is 0. The summed E-state index contributed by atoms with van der Waals surface area (Å²) in [5.41, 5.74) is 2.95. The highest BCUT2D eigenvalue weighted by Crippen LogP contribution is 2.35. The first-order valence-electron chi connectivity index (χ1n) is 5.88. The van der Waals surface area contributed by atoms with Crippen molar-refractivity contribution in [3.05, 3.63) is 56.8 Å². The maximum absolute atomic E-state index is 14.1. The smallest absolute Gasteiger partial charge is 0.163 e. The van der Waals surface area contributed by atoms with E-state index >= 15 is 0 Å². The van der Waals surface area contributed by atoms with Crippen molar-refractivity contribution in [3.63, 3.8) is 0 Å². The van der Waals surface area contributed by atoms with Gasteiger partial charge >= 0.3 is 0 Å². The molecule has 1 aliphatic rings. The van der Waals surface area contributed by atoms with Gasteiger partial charge in [0, 0.05) is 22.0 Å². The molecule has 3 rings (SSSR count). The second-order valence-corrected chi connectivity index (χ2v) is 5.75. The molecule has 19 heavy (non-hydrogen) atoms. The van der Waals surface area contributed by atoms with Crippen molar-refractivity contribution < 1.29 is 9.18 Å². The van der Waals surface area contributed by atoms with Crippen LogP contribution in [0.25, 0.3) is 11.1 Å². The molecule has 0 saturated carbocycles. The van der Waals surface area contributed by atoms with Gasteiger partial charge in [-0.15, -0.1) is 0 Å². The summed E-state index contributed by atoms with van der Waals surface area (Å²) in [6.07, 6.45) is 1.27. The van der Waals surface area contributed by atoms with Crippen molar-refractivity contribution in [3.8, 4) is 11.1 Å². The highest BCUT2D eigenvalue weighted by molar-refractivity contribution is 9.10. The van der Waals surface area contributed by atoms with Gasteiger partial charge < -0.3 is 0 Å². The predicted octanol–water partition coefficient (Wildman–Crippen LogP) is 5.04. The van der Waals surface area contributed by atoms with E-state index in [1.807, 2.05) is 6.07 Å². The molecular formula is C15H9BrClFO. The molecule has 2 aromatic rings. The number of hydrogen-bond acceptors (Lipinski definition) is 1. The van der Waals surface area contributed by atoms with E-state index in [2.05, 4.69) is 15.9 Å². The highest BCUT2D eigenvalue weighted by Gasteiger charge is 2.20. The quantitative estimate of drug-likeness (QED) is 0.665. The SMILES string of the molecule is O=C1CCc2cc(-c3ccc(Br)c(Cl)c3F)ccc21. The first-order chi connectivity index (χ1) is 9.08. The fourth-order valence-corrected chi connectivity index (χ4v) is 2.84. The number of aryl methyl sites for hydroxylation is 1. The Kier molecular flexibility index (Phi) is 3.19. The molecule has 0 saturated heterocycles. The van der Waals surface area contributed by atoms with Crippen LogP contribution in [-0.2, 0) is 6.42 Å². The van der Waals surface area contributed by atoms with Gasteiger partial charge in [-0.25, -0.2) is 4.39 Å². The van der Waals surface area contributed by atoms with Crippen molar-refractivity contribution in [1.29, 1.82) is 0 Å². The summed E-state index contributed by atoms with van der Waals surface area (Å²) in [4.78, 5) is 11.6. The Bertz CT molecular complexity index is 697. The second-order valence-electron chi connectivity index (χ2n) is 4.52. The average Bonchev–Trinajstić information content (AvgIpc) is 2.77. The van der Waals surface area contributed by atoms with Crippen LogP contribution in [-0.4, -0.2) is 5.78 Å². The van der Waals surface area contributed by atoms with Gasteiger partial charge in [0.25, 0.3) is 0 Å². The normalized spacial score (nSPS) is 13.7. The monoisotopic (exact) mass is 338 g/mol. The maximum Gasteiger partial charge on any atom is 0.163 e. The van der Waals surface area contributed by atoms with Crippen LogP contribution in [0.2, 0.25) is 5.02 Å². The molecule has 0 atom stereocenters. The van der Waals surface area contributed by atoms with Gasteiger partial charge in [-0.2, -0.15) is 0 Å². The zero-order chi connectivity index (χ0) is 13.6. The van der Waals surface area contributed by atoms with Gasteiger partial charge in [-0.05, 0) is 39.5 Å². The van der Waals surface area contributed by atoms with Crippen LogP contribution >= 0.6 is 27.5 Å². The molecule has 0 heterocycles. The summed E-state index contributed by atoms with van der Waals surface area (Å²) in [5, 5.41) is 0.0778. The first-order valence-corrected chi connectivity index (χ1v) is 7.05. The van der Waals surface area contributed by atoms with E-state index in [0.717, 1.165) is 23.1 Å². The number of carbonyl (C=O) groups is 1. The molecule has 0 fully saturated rings. The lowest BCUT2D eigenvalue weighted by molar-refractivity contribution is 0.0994. The lowest BCUT2D eigenvalue weighted by Gasteiger charge is -2.08. The predicted molar refractivity (Wildman–Crippen MR) is 77.2 cm³/mol. The van der Waals surface area contributed by atoms with E-state index in [0.29, 0.717) is 16.5 Å². The van der Waals surface area contributed by atoms with Gasteiger partial charge in [-0.1, -0.05) is 35.9 Å². The number of rotatable bonds is 1. The van der Waals surface area contributed by atoms with Crippen LogP contribution in [0.4, 0.5) is 4.39 Å². The van der Waals surface area contributed by atoms with E-state index in [9.17, 15) is 9.18 Å². The Morgan fingerprint density at radius 2 is 1.84 bits per heavy atom. The molecule has 1 aliphatic carbocycles. The number of Topliss-reactive ketones (excluding diaryl/α,β-unsaturated/α-hetero) is 1. The molecule has 96 valence electrons. The van der Waals surface area contributed by atoms with Gasteiger partial charge in [0.1, 0.15) is 0 Å². The minimum atomic E-state index is -0.444. The summed E-state index contributed by atoms with van der Waals surface area (Å²) in [6, 6.07) is 8.83. The second kappa shape index (κ2) is 4.73. The van der Waals surface area contributed by atoms with E-state index in [1.165, 1.54) is 0 Å². The lowest BCUT2D eigenvalue weighted by atomic mass is 10.00. The van der Waals surface area contributed by atoms with Gasteiger partial charge in [0.05, 0.1) is 5.02 Å². The molecule has 0 aliphatic heterocycles. The fraction of sp³-hybridized carbons (Fsp3) is 0.133. The molecule has 1 nitrogen and oxygen atoms in total. The summed E-state index contributed by atoms with van der Waals surface area (Å²) in [5.74, 6) is -0.281. The van der Waals surface area contributed by atoms with E-state index in [-0.39, 0.29) is 10.8 Å². The molecule has 2 aromatic carbocycles. The molecule has 0 amide bonds. The van der Waals surface area contributed by atoms with E-state index in [4.69, 9.17) is 11.6 Å². The van der Waals surface area contributed by atoms with Crippen LogP contribution in [0.3, 0.4) is 0 Å². The van der Waals surface area contributed by atoms with Crippen molar-refractivity contribution in [1.82, 2.24) is 0 Å². The molecule has 0 radical (unpaired) electrons. The van der Waals surface area contributed by atoms with Gasteiger partial charge in [-0.3, -0.25) is 4.79 Å². The van der Waals surface area contributed by atoms with Crippen molar-refractivity contribution in [2.24, 2.45) is 0 Å². The average molecular weight is 340 g/mol. The number of fused-ring (bicyclic) bond motifs is 1. The molecule has 0 N–H and O–H groups in total. The van der Waals surface area contributed by atoms with E-state index < -0.39 is 5.82 Å². The van der Waals surface area contributed by atoms with Crippen LogP contribution < -0.4 is 0 Å². The zero-order valence-corrected chi connectivity index (χ0v) is 12.2. The van der Waals surface area contributed by atoms with E-state index in [1.54, 1.807) is 24.3 Å².